The van der Waals surface area contributed by atoms with Gasteiger partial charge in [0.15, 0.2) is 5.13 Å². The monoisotopic (exact) mass is 307 g/mol. The number of aromatic nitrogens is 3. The van der Waals surface area contributed by atoms with Crippen molar-refractivity contribution in [3.05, 3.63) is 28.0 Å². The first-order valence-corrected chi connectivity index (χ1v) is 7.83. The van der Waals surface area contributed by atoms with E-state index in [9.17, 15) is 4.79 Å². The standard InChI is InChI=1S/C14H21N5OS/c1-6-19-10(4)12(9(3)18-19)8(2)16-13(20)11-7-21-14(15-5)17-11/h7-8H,6H2,1-5H3,(H,15,17)(H,16,20). The quantitative estimate of drug-likeness (QED) is 0.890. The van der Waals surface area contributed by atoms with Crippen molar-refractivity contribution < 1.29 is 4.79 Å². The van der Waals surface area contributed by atoms with Crippen LogP contribution in [0.15, 0.2) is 5.38 Å². The highest BCUT2D eigenvalue weighted by atomic mass is 32.1. The first-order chi connectivity index (χ1) is 9.97. The molecule has 0 saturated heterocycles. The molecule has 0 spiro atoms. The molecule has 0 saturated carbocycles. The fourth-order valence-corrected chi connectivity index (χ4v) is 3.13. The van der Waals surface area contributed by atoms with Gasteiger partial charge in [0, 0.05) is 30.2 Å². The molecule has 0 fully saturated rings. The van der Waals surface area contributed by atoms with Gasteiger partial charge in [0.05, 0.1) is 11.7 Å². The van der Waals surface area contributed by atoms with Crippen LogP contribution in [0.2, 0.25) is 0 Å². The molecule has 21 heavy (non-hydrogen) atoms. The Morgan fingerprint density at radius 1 is 1.48 bits per heavy atom. The molecule has 0 aromatic carbocycles. The summed E-state index contributed by atoms with van der Waals surface area (Å²) in [5.74, 6) is -0.164. The maximum atomic E-state index is 12.2. The van der Waals surface area contributed by atoms with Gasteiger partial charge in [-0.05, 0) is 27.7 Å². The molecule has 0 aliphatic heterocycles. The highest BCUT2D eigenvalue weighted by Gasteiger charge is 2.20. The third-order valence-electron chi connectivity index (χ3n) is 3.47. The van der Waals surface area contributed by atoms with Crippen LogP contribution in [0.1, 0.15) is 47.3 Å². The smallest absolute Gasteiger partial charge is 0.271 e. The highest BCUT2D eigenvalue weighted by molar-refractivity contribution is 7.13. The second-order valence-corrected chi connectivity index (χ2v) is 5.74. The van der Waals surface area contributed by atoms with Crippen LogP contribution in [-0.4, -0.2) is 27.7 Å². The van der Waals surface area contributed by atoms with E-state index in [1.165, 1.54) is 11.3 Å². The zero-order valence-electron chi connectivity index (χ0n) is 13.0. The van der Waals surface area contributed by atoms with Crippen molar-refractivity contribution in [3.8, 4) is 0 Å². The minimum absolute atomic E-state index is 0.0995. The SMILES string of the molecule is CCn1nc(C)c(C(C)NC(=O)c2csc(NC)n2)c1C. The molecule has 7 heteroatoms. The third-order valence-corrected chi connectivity index (χ3v) is 4.33. The maximum absolute atomic E-state index is 12.2. The van der Waals surface area contributed by atoms with E-state index in [1.807, 2.05) is 25.5 Å². The molecule has 0 aliphatic carbocycles. The molecule has 2 rings (SSSR count). The van der Waals surface area contributed by atoms with Crippen molar-refractivity contribution in [3.63, 3.8) is 0 Å². The Morgan fingerprint density at radius 2 is 2.19 bits per heavy atom. The van der Waals surface area contributed by atoms with Gasteiger partial charge in [0.1, 0.15) is 5.69 Å². The molecule has 1 amide bonds. The van der Waals surface area contributed by atoms with Gasteiger partial charge in [-0.1, -0.05) is 0 Å². The summed E-state index contributed by atoms with van der Waals surface area (Å²) < 4.78 is 1.95. The second-order valence-electron chi connectivity index (χ2n) is 4.88. The number of hydrogen-bond donors (Lipinski definition) is 2. The summed E-state index contributed by atoms with van der Waals surface area (Å²) in [5.41, 5.74) is 3.57. The van der Waals surface area contributed by atoms with Crippen molar-refractivity contribution in [1.82, 2.24) is 20.1 Å². The molecule has 1 unspecified atom stereocenters. The van der Waals surface area contributed by atoms with Gasteiger partial charge in [-0.25, -0.2) is 4.98 Å². The summed E-state index contributed by atoms with van der Waals surface area (Å²) in [7, 11) is 1.79. The fraction of sp³-hybridized carbons (Fsp3) is 0.500. The summed E-state index contributed by atoms with van der Waals surface area (Å²) in [6.07, 6.45) is 0. The van der Waals surface area contributed by atoms with Crippen molar-refractivity contribution in [2.45, 2.75) is 40.3 Å². The number of thiazole rings is 1. The molecule has 2 aromatic heterocycles. The summed E-state index contributed by atoms with van der Waals surface area (Å²) >= 11 is 1.42. The minimum atomic E-state index is -0.164. The number of hydrogen-bond acceptors (Lipinski definition) is 5. The molecular weight excluding hydrogens is 286 g/mol. The lowest BCUT2D eigenvalue weighted by Gasteiger charge is -2.14. The third kappa shape index (κ3) is 3.07. The minimum Gasteiger partial charge on any atom is -0.365 e. The molecule has 0 radical (unpaired) electrons. The van der Waals surface area contributed by atoms with Crippen LogP contribution in [0.5, 0.6) is 0 Å². The van der Waals surface area contributed by atoms with Crippen LogP contribution in [0.25, 0.3) is 0 Å². The molecule has 2 N–H and O–H groups in total. The maximum Gasteiger partial charge on any atom is 0.271 e. The topological polar surface area (TPSA) is 71.8 Å². The first-order valence-electron chi connectivity index (χ1n) is 6.96. The number of nitrogens with zero attached hydrogens (tertiary/aromatic N) is 3. The first kappa shape index (κ1) is 15.5. The van der Waals surface area contributed by atoms with Crippen molar-refractivity contribution in [1.29, 1.82) is 0 Å². The number of nitrogens with one attached hydrogen (secondary N) is 2. The van der Waals surface area contributed by atoms with Gasteiger partial charge in [-0.3, -0.25) is 9.48 Å². The number of aryl methyl sites for hydroxylation is 2. The molecule has 2 aromatic rings. The van der Waals surface area contributed by atoms with E-state index >= 15 is 0 Å². The van der Waals surface area contributed by atoms with E-state index in [1.54, 1.807) is 12.4 Å². The number of amides is 1. The summed E-state index contributed by atoms with van der Waals surface area (Å²) in [6, 6.07) is -0.0995. The van der Waals surface area contributed by atoms with E-state index in [0.29, 0.717) is 5.69 Å². The average molecular weight is 307 g/mol. The van der Waals surface area contributed by atoms with E-state index < -0.39 is 0 Å². The van der Waals surface area contributed by atoms with E-state index in [4.69, 9.17) is 0 Å². The Balaban J connectivity index is 2.16. The number of rotatable bonds is 5. The summed E-state index contributed by atoms with van der Waals surface area (Å²) in [5, 5.41) is 12.9. The number of carbonyl (C=O) groups excluding carboxylic acids is 1. The van der Waals surface area contributed by atoms with Gasteiger partial charge in [0.25, 0.3) is 5.91 Å². The molecule has 114 valence electrons. The Labute approximate surface area is 128 Å². The average Bonchev–Trinajstić information content (AvgIpc) is 3.03. The van der Waals surface area contributed by atoms with Crippen LogP contribution < -0.4 is 10.6 Å². The fourth-order valence-electron chi connectivity index (χ4n) is 2.48. The lowest BCUT2D eigenvalue weighted by molar-refractivity contribution is 0.0935. The molecule has 0 aliphatic rings. The zero-order valence-corrected chi connectivity index (χ0v) is 13.8. The van der Waals surface area contributed by atoms with Crippen molar-refractivity contribution >= 4 is 22.4 Å². The van der Waals surface area contributed by atoms with Crippen LogP contribution >= 0.6 is 11.3 Å². The van der Waals surface area contributed by atoms with E-state index in [-0.39, 0.29) is 11.9 Å². The molecule has 1 atom stereocenters. The van der Waals surface area contributed by atoms with Crippen molar-refractivity contribution in [2.75, 3.05) is 12.4 Å². The Hall–Kier alpha value is -1.89. The molecular formula is C14H21N5OS. The van der Waals surface area contributed by atoms with Crippen LogP contribution in [0.3, 0.4) is 0 Å². The summed E-state index contributed by atoms with van der Waals surface area (Å²) in [4.78, 5) is 16.5. The molecule has 0 bridgehead atoms. The lowest BCUT2D eigenvalue weighted by Crippen LogP contribution is -2.27. The predicted octanol–water partition coefficient (Wildman–Crippen LogP) is 2.51. The predicted molar refractivity (Wildman–Crippen MR) is 84.9 cm³/mol. The van der Waals surface area contributed by atoms with E-state index in [2.05, 4.69) is 27.6 Å². The Morgan fingerprint density at radius 3 is 2.71 bits per heavy atom. The van der Waals surface area contributed by atoms with Crippen LogP contribution in [0.4, 0.5) is 5.13 Å². The lowest BCUT2D eigenvalue weighted by atomic mass is 10.1. The van der Waals surface area contributed by atoms with Crippen molar-refractivity contribution in [2.24, 2.45) is 0 Å². The van der Waals surface area contributed by atoms with Crippen LogP contribution in [0, 0.1) is 13.8 Å². The highest BCUT2D eigenvalue weighted by Crippen LogP contribution is 2.22. The molecule has 6 nitrogen and oxygen atoms in total. The van der Waals surface area contributed by atoms with Crippen LogP contribution in [-0.2, 0) is 6.54 Å². The number of anilines is 1. The summed E-state index contributed by atoms with van der Waals surface area (Å²) in [6.45, 7) is 8.86. The van der Waals surface area contributed by atoms with Gasteiger partial charge in [-0.15, -0.1) is 11.3 Å². The Bertz CT molecular complexity index is 646. The van der Waals surface area contributed by atoms with Gasteiger partial charge >= 0.3 is 0 Å². The largest absolute Gasteiger partial charge is 0.365 e. The normalized spacial score (nSPS) is 12.2. The molecule has 2 heterocycles. The Kier molecular flexibility index (Phi) is 4.62. The van der Waals surface area contributed by atoms with Gasteiger partial charge in [-0.2, -0.15) is 5.10 Å². The van der Waals surface area contributed by atoms with Gasteiger partial charge < -0.3 is 10.6 Å². The van der Waals surface area contributed by atoms with E-state index in [0.717, 1.165) is 28.6 Å². The van der Waals surface area contributed by atoms with Gasteiger partial charge in [0.2, 0.25) is 0 Å². The number of carbonyl (C=O) groups is 1. The zero-order chi connectivity index (χ0) is 15.6. The second kappa shape index (κ2) is 6.26.